The molecule has 2 aromatic heterocycles. The van der Waals surface area contributed by atoms with Crippen molar-refractivity contribution in [2.45, 2.75) is 33.6 Å². The molecule has 0 bridgehead atoms. The van der Waals surface area contributed by atoms with E-state index in [4.69, 9.17) is 19.6 Å². The molecule has 0 atom stereocenters. The minimum Gasteiger partial charge on any atom is -0.497 e. The van der Waals surface area contributed by atoms with Crippen molar-refractivity contribution < 1.29 is 14.3 Å². The number of hydrogen-bond donors (Lipinski definition) is 1. The van der Waals surface area contributed by atoms with Crippen LogP contribution in [0.2, 0.25) is 0 Å². The normalized spacial score (nSPS) is 10.9. The number of carbonyl (C=O) groups is 1. The van der Waals surface area contributed by atoms with Gasteiger partial charge < -0.3 is 14.8 Å². The first-order valence-corrected chi connectivity index (χ1v) is 10.8. The van der Waals surface area contributed by atoms with Crippen molar-refractivity contribution >= 4 is 17.2 Å². The first-order valence-electron chi connectivity index (χ1n) is 10.8. The molecule has 0 unspecified atom stereocenters. The number of carbonyl (C=O) groups excluding carboxylic acids is 1. The molecule has 170 valence electrons. The van der Waals surface area contributed by atoms with Crippen molar-refractivity contribution in [2.75, 3.05) is 19.5 Å². The highest BCUT2D eigenvalue weighted by molar-refractivity contribution is 5.90. The van der Waals surface area contributed by atoms with E-state index in [1.165, 1.54) is 0 Å². The van der Waals surface area contributed by atoms with E-state index in [0.29, 0.717) is 18.6 Å². The van der Waals surface area contributed by atoms with Gasteiger partial charge in [0.15, 0.2) is 5.65 Å². The highest BCUT2D eigenvalue weighted by Gasteiger charge is 2.16. The van der Waals surface area contributed by atoms with Crippen molar-refractivity contribution in [1.82, 2.24) is 14.6 Å². The zero-order valence-electron chi connectivity index (χ0n) is 19.6. The number of benzene rings is 2. The largest absolute Gasteiger partial charge is 0.497 e. The molecule has 0 spiro atoms. The van der Waals surface area contributed by atoms with E-state index in [9.17, 15) is 4.79 Å². The molecule has 0 aliphatic carbocycles. The monoisotopic (exact) mass is 444 g/mol. The minimum atomic E-state index is -0.0260. The van der Waals surface area contributed by atoms with Crippen LogP contribution in [-0.4, -0.2) is 34.7 Å². The zero-order valence-corrected chi connectivity index (χ0v) is 19.6. The molecule has 1 amide bonds. The maximum absolute atomic E-state index is 12.5. The summed E-state index contributed by atoms with van der Waals surface area (Å²) in [5.41, 5.74) is 7.24. The van der Waals surface area contributed by atoms with E-state index in [1.54, 1.807) is 14.2 Å². The van der Waals surface area contributed by atoms with Crippen molar-refractivity contribution in [2.24, 2.45) is 0 Å². The van der Waals surface area contributed by atoms with Gasteiger partial charge in [0, 0.05) is 41.2 Å². The van der Waals surface area contributed by atoms with E-state index >= 15 is 0 Å². The smallest absolute Gasteiger partial charge is 0.224 e. The molecule has 0 saturated carbocycles. The Hall–Kier alpha value is -3.87. The van der Waals surface area contributed by atoms with Crippen LogP contribution in [0.5, 0.6) is 11.5 Å². The Morgan fingerprint density at radius 1 is 1.00 bits per heavy atom. The van der Waals surface area contributed by atoms with E-state index in [2.05, 4.69) is 5.32 Å². The Balaban J connectivity index is 1.58. The maximum atomic E-state index is 12.5. The Kier molecular flexibility index (Phi) is 6.31. The second kappa shape index (κ2) is 9.32. The summed E-state index contributed by atoms with van der Waals surface area (Å²) in [6.45, 7) is 6.00. The summed E-state index contributed by atoms with van der Waals surface area (Å²) >= 11 is 0. The number of methoxy groups -OCH3 is 2. The van der Waals surface area contributed by atoms with Gasteiger partial charge in [-0.2, -0.15) is 5.10 Å². The number of aromatic nitrogens is 3. The highest BCUT2D eigenvalue weighted by Crippen LogP contribution is 2.33. The van der Waals surface area contributed by atoms with Crippen molar-refractivity contribution in [1.29, 1.82) is 0 Å². The number of amides is 1. The quantitative estimate of drug-likeness (QED) is 0.438. The lowest BCUT2D eigenvalue weighted by Gasteiger charge is -2.11. The number of nitrogens with zero attached hydrogens (tertiary/aromatic N) is 3. The lowest BCUT2D eigenvalue weighted by atomic mass is 10.1. The number of anilines is 1. The molecule has 1 N–H and O–H groups in total. The number of rotatable bonds is 7. The fourth-order valence-electron chi connectivity index (χ4n) is 3.93. The summed E-state index contributed by atoms with van der Waals surface area (Å²) < 4.78 is 12.7. The lowest BCUT2D eigenvalue weighted by Crippen LogP contribution is -2.14. The molecule has 33 heavy (non-hydrogen) atoms. The van der Waals surface area contributed by atoms with E-state index in [-0.39, 0.29) is 5.91 Å². The van der Waals surface area contributed by atoms with Gasteiger partial charge in [0.25, 0.3) is 0 Å². The molecule has 7 nitrogen and oxygen atoms in total. The summed E-state index contributed by atoms with van der Waals surface area (Å²) in [5.74, 6) is 1.37. The lowest BCUT2D eigenvalue weighted by molar-refractivity contribution is -0.116. The molecule has 0 saturated heterocycles. The van der Waals surface area contributed by atoms with Crippen LogP contribution < -0.4 is 14.8 Å². The molecule has 0 fully saturated rings. The molecule has 0 aliphatic rings. The van der Waals surface area contributed by atoms with Gasteiger partial charge >= 0.3 is 0 Å². The number of nitrogens with one attached hydrogen (secondary N) is 1. The predicted molar refractivity (Wildman–Crippen MR) is 129 cm³/mol. The Morgan fingerprint density at radius 3 is 2.45 bits per heavy atom. The van der Waals surface area contributed by atoms with Crippen LogP contribution in [0.1, 0.15) is 28.9 Å². The van der Waals surface area contributed by atoms with E-state index in [1.807, 2.05) is 73.8 Å². The summed E-state index contributed by atoms with van der Waals surface area (Å²) in [4.78, 5) is 17.2. The third kappa shape index (κ3) is 4.67. The van der Waals surface area contributed by atoms with Gasteiger partial charge in [-0.05, 0) is 57.0 Å². The van der Waals surface area contributed by atoms with Crippen molar-refractivity contribution in [3.8, 4) is 22.8 Å². The molecule has 7 heteroatoms. The standard InChI is InChI=1S/C26H28N4O3/c1-16-6-8-19(9-7-16)28-26(31)13-12-21-17(2)27-25-15-23(29-30(25)18(21)3)22-11-10-20(32-4)14-24(22)33-5/h6-11,14-15H,12-13H2,1-5H3,(H,28,31). The number of hydrogen-bond acceptors (Lipinski definition) is 5. The average molecular weight is 445 g/mol. The minimum absolute atomic E-state index is 0.0260. The third-order valence-electron chi connectivity index (χ3n) is 5.79. The second-order valence-corrected chi connectivity index (χ2v) is 8.04. The van der Waals surface area contributed by atoms with Gasteiger partial charge in [-0.25, -0.2) is 9.50 Å². The number of aryl methyl sites for hydroxylation is 3. The zero-order chi connectivity index (χ0) is 23.5. The Morgan fingerprint density at radius 2 is 1.76 bits per heavy atom. The van der Waals surface area contributed by atoms with Crippen molar-refractivity contribution in [3.63, 3.8) is 0 Å². The molecule has 0 aliphatic heterocycles. The molecule has 2 aromatic carbocycles. The van der Waals surface area contributed by atoms with Crippen molar-refractivity contribution in [3.05, 3.63) is 71.0 Å². The average Bonchev–Trinajstić information content (AvgIpc) is 3.23. The molecular weight excluding hydrogens is 416 g/mol. The SMILES string of the molecule is COc1ccc(-c2cc3nc(C)c(CCC(=O)Nc4ccc(C)cc4)c(C)n3n2)c(OC)c1. The van der Waals surface area contributed by atoms with E-state index < -0.39 is 0 Å². The Bertz CT molecular complexity index is 1310. The van der Waals surface area contributed by atoms with Crippen LogP contribution in [-0.2, 0) is 11.2 Å². The summed E-state index contributed by atoms with van der Waals surface area (Å²) in [7, 11) is 3.25. The van der Waals surface area contributed by atoms with Gasteiger partial charge in [-0.15, -0.1) is 0 Å². The first-order chi connectivity index (χ1) is 15.9. The van der Waals surface area contributed by atoms with Gasteiger partial charge in [0.05, 0.1) is 19.9 Å². The van der Waals surface area contributed by atoms with Crippen LogP contribution >= 0.6 is 0 Å². The summed E-state index contributed by atoms with van der Waals surface area (Å²) in [5, 5.41) is 7.74. The second-order valence-electron chi connectivity index (χ2n) is 8.04. The molecule has 2 heterocycles. The van der Waals surface area contributed by atoms with Crippen LogP contribution in [0.15, 0.2) is 48.5 Å². The first kappa shape index (κ1) is 22.3. The predicted octanol–water partition coefficient (Wildman–Crippen LogP) is 4.91. The molecular formula is C26H28N4O3. The van der Waals surface area contributed by atoms with Crippen LogP contribution in [0, 0.1) is 20.8 Å². The van der Waals surface area contributed by atoms with E-state index in [0.717, 1.165) is 50.9 Å². The van der Waals surface area contributed by atoms with Crippen LogP contribution in [0.3, 0.4) is 0 Å². The Labute approximate surface area is 193 Å². The maximum Gasteiger partial charge on any atom is 0.224 e. The highest BCUT2D eigenvalue weighted by atomic mass is 16.5. The van der Waals surface area contributed by atoms with Gasteiger partial charge in [0.1, 0.15) is 11.5 Å². The molecule has 4 rings (SSSR count). The number of ether oxygens (including phenoxy) is 2. The van der Waals surface area contributed by atoms with Gasteiger partial charge in [-0.3, -0.25) is 4.79 Å². The summed E-state index contributed by atoms with van der Waals surface area (Å²) in [6, 6.07) is 15.4. The van der Waals surface area contributed by atoms with Crippen LogP contribution in [0.25, 0.3) is 16.9 Å². The van der Waals surface area contributed by atoms with Gasteiger partial charge in [0.2, 0.25) is 5.91 Å². The fraction of sp³-hybridized carbons (Fsp3) is 0.269. The molecule has 4 aromatic rings. The third-order valence-corrected chi connectivity index (χ3v) is 5.79. The summed E-state index contributed by atoms with van der Waals surface area (Å²) in [6.07, 6.45) is 0.947. The van der Waals surface area contributed by atoms with Crippen LogP contribution in [0.4, 0.5) is 5.69 Å². The fourth-order valence-corrected chi connectivity index (χ4v) is 3.93. The number of fused-ring (bicyclic) bond motifs is 1. The topological polar surface area (TPSA) is 77.8 Å². The van der Waals surface area contributed by atoms with Gasteiger partial charge in [-0.1, -0.05) is 17.7 Å². The molecule has 0 radical (unpaired) electrons.